The minimum absolute atomic E-state index is 0. The maximum absolute atomic E-state index is 12.3. The lowest BCUT2D eigenvalue weighted by Crippen LogP contribution is -2.44. The molecule has 0 saturated carbocycles. The molecule has 0 aromatic rings. The smallest absolute Gasteiger partial charge is 0.410 e. The number of halogens is 1. The van der Waals surface area contributed by atoms with Crippen molar-refractivity contribution in [1.82, 2.24) is 15.1 Å². The van der Waals surface area contributed by atoms with Crippen LogP contribution < -0.4 is 5.32 Å². The summed E-state index contributed by atoms with van der Waals surface area (Å²) in [5.41, 5.74) is -0.434. The molecule has 7 heteroatoms. The summed E-state index contributed by atoms with van der Waals surface area (Å²) in [6.45, 7) is 13.2. The van der Waals surface area contributed by atoms with Crippen LogP contribution in [0.25, 0.3) is 0 Å². The normalized spacial score (nSPS) is 21.8. The van der Waals surface area contributed by atoms with Crippen molar-refractivity contribution in [2.75, 3.05) is 39.3 Å². The monoisotopic (exact) mass is 466 g/mol. The summed E-state index contributed by atoms with van der Waals surface area (Å²) in [4.78, 5) is 21.3. The Kier molecular flexibility index (Phi) is 9.30. The third-order valence-corrected chi connectivity index (χ3v) is 4.41. The van der Waals surface area contributed by atoms with E-state index in [4.69, 9.17) is 9.73 Å². The minimum Gasteiger partial charge on any atom is -0.444 e. The highest BCUT2D eigenvalue weighted by atomic mass is 127. The Balaban J connectivity index is 0.00000312. The van der Waals surface area contributed by atoms with Crippen LogP contribution in [-0.2, 0) is 4.74 Å². The van der Waals surface area contributed by atoms with E-state index in [9.17, 15) is 4.79 Å². The summed E-state index contributed by atoms with van der Waals surface area (Å²) in [5, 5.41) is 3.40. The van der Waals surface area contributed by atoms with E-state index in [0.29, 0.717) is 5.92 Å². The highest BCUT2D eigenvalue weighted by molar-refractivity contribution is 14.0. The Labute approximate surface area is 169 Å². The summed E-state index contributed by atoms with van der Waals surface area (Å²) < 4.78 is 5.50. The second-order valence-electron chi connectivity index (χ2n) is 7.82. The van der Waals surface area contributed by atoms with Crippen molar-refractivity contribution in [3.63, 3.8) is 0 Å². The lowest BCUT2D eigenvalue weighted by atomic mass is 9.98. The van der Waals surface area contributed by atoms with Crippen molar-refractivity contribution in [2.24, 2.45) is 10.9 Å². The van der Waals surface area contributed by atoms with Gasteiger partial charge in [-0.3, -0.25) is 4.99 Å². The van der Waals surface area contributed by atoms with E-state index in [1.165, 1.54) is 12.8 Å². The van der Waals surface area contributed by atoms with Gasteiger partial charge in [-0.25, -0.2) is 4.79 Å². The molecule has 2 aliphatic heterocycles. The van der Waals surface area contributed by atoms with Crippen LogP contribution in [0.5, 0.6) is 0 Å². The molecule has 0 bridgehead atoms. The number of nitrogens with one attached hydrogen (secondary N) is 1. The van der Waals surface area contributed by atoms with Crippen molar-refractivity contribution in [2.45, 2.75) is 59.0 Å². The standard InChI is InChI=1S/C18H34N4O2.HI/c1-5-19-16(21-10-6-7-11-21)20-13-15-9-8-12-22(14-15)17(23)24-18(2,3)4;/h15H,5-14H2,1-4H3,(H,19,20);1H. The molecule has 2 rings (SSSR count). The van der Waals surface area contributed by atoms with Crippen molar-refractivity contribution < 1.29 is 9.53 Å². The van der Waals surface area contributed by atoms with Crippen molar-refractivity contribution >= 4 is 36.0 Å². The molecule has 2 aliphatic rings. The average molecular weight is 466 g/mol. The number of hydrogen-bond acceptors (Lipinski definition) is 3. The first-order valence-electron chi connectivity index (χ1n) is 9.40. The molecule has 2 heterocycles. The largest absolute Gasteiger partial charge is 0.444 e. The zero-order valence-corrected chi connectivity index (χ0v) is 18.5. The van der Waals surface area contributed by atoms with Gasteiger partial charge in [-0.05, 0) is 59.3 Å². The Bertz CT molecular complexity index is 445. The van der Waals surface area contributed by atoms with Gasteiger partial charge >= 0.3 is 6.09 Å². The number of amides is 1. The van der Waals surface area contributed by atoms with Crippen LogP contribution in [0.4, 0.5) is 4.79 Å². The van der Waals surface area contributed by atoms with E-state index < -0.39 is 5.60 Å². The topological polar surface area (TPSA) is 57.2 Å². The SMILES string of the molecule is CCNC(=NCC1CCCN(C(=O)OC(C)(C)C)C1)N1CCCC1.I. The third-order valence-electron chi connectivity index (χ3n) is 4.41. The number of carbonyl (C=O) groups is 1. The number of carbonyl (C=O) groups excluding carboxylic acids is 1. The van der Waals surface area contributed by atoms with Gasteiger partial charge in [0.2, 0.25) is 0 Å². The third kappa shape index (κ3) is 7.58. The predicted octanol–water partition coefficient (Wildman–Crippen LogP) is 3.31. The molecule has 1 amide bonds. The molecule has 6 nitrogen and oxygen atoms in total. The van der Waals surface area contributed by atoms with Crippen LogP contribution in [0.15, 0.2) is 4.99 Å². The zero-order chi connectivity index (χ0) is 17.6. The van der Waals surface area contributed by atoms with Gasteiger partial charge in [0.05, 0.1) is 0 Å². The maximum atomic E-state index is 12.3. The second kappa shape index (κ2) is 10.4. The first-order chi connectivity index (χ1) is 11.4. The minimum atomic E-state index is -0.434. The fourth-order valence-electron chi connectivity index (χ4n) is 3.28. The average Bonchev–Trinajstić information content (AvgIpc) is 3.04. The molecule has 0 aliphatic carbocycles. The van der Waals surface area contributed by atoms with Gasteiger partial charge in [0.25, 0.3) is 0 Å². The number of ether oxygens (including phenoxy) is 1. The molecule has 2 fully saturated rings. The molecule has 1 unspecified atom stereocenters. The number of nitrogens with zero attached hydrogens (tertiary/aromatic N) is 3. The Morgan fingerprint density at radius 2 is 1.80 bits per heavy atom. The number of rotatable bonds is 3. The van der Waals surface area contributed by atoms with Crippen LogP contribution in [0, 0.1) is 5.92 Å². The van der Waals surface area contributed by atoms with Gasteiger partial charge in [-0.2, -0.15) is 0 Å². The van der Waals surface area contributed by atoms with Gasteiger partial charge in [0.1, 0.15) is 5.60 Å². The Morgan fingerprint density at radius 1 is 1.16 bits per heavy atom. The van der Waals surface area contributed by atoms with Gasteiger partial charge in [0.15, 0.2) is 5.96 Å². The molecule has 146 valence electrons. The number of piperidine rings is 1. The number of hydrogen-bond donors (Lipinski definition) is 1. The van der Waals surface area contributed by atoms with Crippen molar-refractivity contribution in [3.05, 3.63) is 0 Å². The van der Waals surface area contributed by atoms with Crippen LogP contribution in [0.1, 0.15) is 53.4 Å². The molecular weight excluding hydrogens is 431 g/mol. The lowest BCUT2D eigenvalue weighted by Gasteiger charge is -2.33. The summed E-state index contributed by atoms with van der Waals surface area (Å²) in [6.07, 6.45) is 4.46. The molecule has 0 aromatic carbocycles. The van der Waals surface area contributed by atoms with E-state index in [1.807, 2.05) is 25.7 Å². The first-order valence-corrected chi connectivity index (χ1v) is 9.40. The van der Waals surface area contributed by atoms with Crippen molar-refractivity contribution in [3.8, 4) is 0 Å². The summed E-state index contributed by atoms with van der Waals surface area (Å²) in [5.74, 6) is 1.45. The fourth-order valence-corrected chi connectivity index (χ4v) is 3.28. The maximum Gasteiger partial charge on any atom is 0.410 e. The molecule has 25 heavy (non-hydrogen) atoms. The quantitative estimate of drug-likeness (QED) is 0.394. The molecule has 1 N–H and O–H groups in total. The van der Waals surface area contributed by atoms with E-state index >= 15 is 0 Å². The first kappa shape index (κ1) is 22.3. The Morgan fingerprint density at radius 3 is 2.40 bits per heavy atom. The Hall–Kier alpha value is -0.730. The lowest BCUT2D eigenvalue weighted by molar-refractivity contribution is 0.0170. The van der Waals surface area contributed by atoms with Gasteiger partial charge in [-0.1, -0.05) is 0 Å². The van der Waals surface area contributed by atoms with Gasteiger partial charge in [-0.15, -0.1) is 24.0 Å². The number of likely N-dealkylation sites (tertiary alicyclic amines) is 2. The van der Waals surface area contributed by atoms with E-state index in [-0.39, 0.29) is 30.1 Å². The zero-order valence-electron chi connectivity index (χ0n) is 16.2. The van der Waals surface area contributed by atoms with Crippen molar-refractivity contribution in [1.29, 1.82) is 0 Å². The predicted molar refractivity (Wildman–Crippen MR) is 113 cm³/mol. The highest BCUT2D eigenvalue weighted by Crippen LogP contribution is 2.20. The van der Waals surface area contributed by atoms with Crippen LogP contribution in [-0.4, -0.2) is 66.7 Å². The second-order valence-corrected chi connectivity index (χ2v) is 7.82. The van der Waals surface area contributed by atoms with Crippen LogP contribution in [0.2, 0.25) is 0 Å². The molecule has 1 atom stereocenters. The summed E-state index contributed by atoms with van der Waals surface area (Å²) in [7, 11) is 0. The van der Waals surface area contributed by atoms with Crippen LogP contribution >= 0.6 is 24.0 Å². The van der Waals surface area contributed by atoms with Crippen LogP contribution in [0.3, 0.4) is 0 Å². The van der Waals surface area contributed by atoms with Gasteiger partial charge < -0.3 is 19.9 Å². The molecule has 0 spiro atoms. The summed E-state index contributed by atoms with van der Waals surface area (Å²) >= 11 is 0. The van der Waals surface area contributed by atoms with E-state index in [2.05, 4.69) is 17.1 Å². The molecule has 0 radical (unpaired) electrons. The highest BCUT2D eigenvalue weighted by Gasteiger charge is 2.27. The molecule has 2 saturated heterocycles. The number of guanidine groups is 1. The van der Waals surface area contributed by atoms with Gasteiger partial charge in [0, 0.05) is 39.3 Å². The molecular formula is C18H35IN4O2. The fraction of sp³-hybridized carbons (Fsp3) is 0.889. The summed E-state index contributed by atoms with van der Waals surface area (Å²) in [6, 6.07) is 0. The number of aliphatic imine (C=N–C) groups is 1. The molecule has 0 aromatic heterocycles. The van der Waals surface area contributed by atoms with E-state index in [1.54, 1.807) is 0 Å². The van der Waals surface area contributed by atoms with E-state index in [0.717, 1.165) is 58.1 Å².